The van der Waals surface area contributed by atoms with Gasteiger partial charge in [0.2, 0.25) is 5.91 Å². The largest absolute Gasteiger partial charge is 0.316 e. The average molecular weight is 305 g/mol. The number of carbonyl (C=O) groups excluding carboxylic acids is 1. The molecular weight excluding hydrogens is 290 g/mol. The van der Waals surface area contributed by atoms with Crippen LogP contribution in [0.15, 0.2) is 0 Å². The van der Waals surface area contributed by atoms with Crippen LogP contribution in [0.3, 0.4) is 0 Å². The van der Waals surface area contributed by atoms with Crippen molar-refractivity contribution in [2.75, 3.05) is 16.8 Å². The van der Waals surface area contributed by atoms with Gasteiger partial charge in [0.05, 0.1) is 17.4 Å². The molecule has 104 valence electrons. The Morgan fingerprint density at radius 3 is 2.90 bits per heavy atom. The maximum absolute atomic E-state index is 11.8. The van der Waals surface area contributed by atoms with E-state index in [0.717, 1.165) is 31.2 Å². The maximum atomic E-state index is 11.8. The molecular formula is C14H15N3OS2. The zero-order valence-corrected chi connectivity index (χ0v) is 12.7. The highest BCUT2D eigenvalue weighted by Crippen LogP contribution is 2.37. The molecule has 0 fully saturated rings. The van der Waals surface area contributed by atoms with Crippen LogP contribution in [0.4, 0.5) is 5.00 Å². The minimum atomic E-state index is -0.0944. The van der Waals surface area contributed by atoms with Gasteiger partial charge in [-0.25, -0.2) is 0 Å². The standard InChI is InChI=1S/C14H15N3OS2/c15-6-3-7-19-9-13(18)17-14-11(8-16)10-4-1-2-5-12(10)20-14/h1-5,7,9H2,(H,17,18). The predicted octanol–water partition coefficient (Wildman–Crippen LogP) is 3.08. The molecule has 0 bridgehead atoms. The molecule has 1 aliphatic rings. The highest BCUT2D eigenvalue weighted by atomic mass is 32.2. The fourth-order valence-electron chi connectivity index (χ4n) is 2.22. The van der Waals surface area contributed by atoms with Crippen LogP contribution in [-0.2, 0) is 17.6 Å². The number of fused-ring (bicyclic) bond motifs is 1. The maximum Gasteiger partial charge on any atom is 0.235 e. The zero-order valence-electron chi connectivity index (χ0n) is 11.1. The topological polar surface area (TPSA) is 76.7 Å². The van der Waals surface area contributed by atoms with E-state index in [2.05, 4.69) is 11.4 Å². The molecule has 1 aromatic rings. The monoisotopic (exact) mass is 305 g/mol. The summed E-state index contributed by atoms with van der Waals surface area (Å²) >= 11 is 2.98. The third-order valence-electron chi connectivity index (χ3n) is 3.13. The summed E-state index contributed by atoms with van der Waals surface area (Å²) in [5.41, 5.74) is 1.79. The van der Waals surface area contributed by atoms with Gasteiger partial charge in [-0.3, -0.25) is 4.79 Å². The molecule has 0 unspecified atom stereocenters. The third-order valence-corrected chi connectivity index (χ3v) is 5.29. The molecule has 1 aromatic heterocycles. The number of amides is 1. The SMILES string of the molecule is N#CCCSCC(=O)Nc1sc2c(c1C#N)CCCC2. The molecule has 0 spiro atoms. The van der Waals surface area contributed by atoms with Crippen molar-refractivity contribution in [2.24, 2.45) is 0 Å². The van der Waals surface area contributed by atoms with E-state index in [1.54, 1.807) is 11.3 Å². The number of nitrogens with one attached hydrogen (secondary N) is 1. The Morgan fingerprint density at radius 1 is 1.35 bits per heavy atom. The summed E-state index contributed by atoms with van der Waals surface area (Å²) in [5, 5.41) is 21.3. The van der Waals surface area contributed by atoms with E-state index in [4.69, 9.17) is 5.26 Å². The Bertz CT molecular complexity index is 580. The number of rotatable bonds is 5. The first-order valence-electron chi connectivity index (χ1n) is 6.55. The molecule has 4 nitrogen and oxygen atoms in total. The molecule has 1 N–H and O–H groups in total. The molecule has 1 heterocycles. The summed E-state index contributed by atoms with van der Waals surface area (Å²) in [4.78, 5) is 13.1. The second kappa shape index (κ2) is 7.33. The molecule has 20 heavy (non-hydrogen) atoms. The van der Waals surface area contributed by atoms with Crippen LogP contribution >= 0.6 is 23.1 Å². The van der Waals surface area contributed by atoms with Crippen LogP contribution in [0.2, 0.25) is 0 Å². The minimum absolute atomic E-state index is 0.0944. The van der Waals surface area contributed by atoms with Gasteiger partial charge in [0, 0.05) is 17.1 Å². The van der Waals surface area contributed by atoms with E-state index in [9.17, 15) is 10.1 Å². The number of hydrogen-bond donors (Lipinski definition) is 1. The highest BCUT2D eigenvalue weighted by molar-refractivity contribution is 7.99. The number of thiophene rings is 1. The summed E-state index contributed by atoms with van der Waals surface area (Å²) in [6.07, 6.45) is 4.70. The van der Waals surface area contributed by atoms with Crippen LogP contribution < -0.4 is 5.32 Å². The molecule has 6 heteroatoms. The Morgan fingerprint density at radius 2 is 2.15 bits per heavy atom. The van der Waals surface area contributed by atoms with Gasteiger partial charge >= 0.3 is 0 Å². The van der Waals surface area contributed by atoms with Crippen molar-refractivity contribution in [3.05, 3.63) is 16.0 Å². The van der Waals surface area contributed by atoms with Gasteiger partial charge in [0.1, 0.15) is 11.1 Å². The molecule has 1 aliphatic carbocycles. The van der Waals surface area contributed by atoms with Crippen LogP contribution in [0.1, 0.15) is 35.3 Å². The lowest BCUT2D eigenvalue weighted by atomic mass is 9.96. The number of nitrogens with zero attached hydrogens (tertiary/aromatic N) is 2. The van der Waals surface area contributed by atoms with E-state index in [-0.39, 0.29) is 5.91 Å². The van der Waals surface area contributed by atoms with E-state index in [1.807, 2.05) is 6.07 Å². The van der Waals surface area contributed by atoms with Gasteiger partial charge in [0.25, 0.3) is 0 Å². The molecule has 0 atom stereocenters. The smallest absolute Gasteiger partial charge is 0.235 e. The average Bonchev–Trinajstić information content (AvgIpc) is 2.80. The quantitative estimate of drug-likeness (QED) is 0.848. The van der Waals surface area contributed by atoms with Gasteiger partial charge in [-0.05, 0) is 31.2 Å². The van der Waals surface area contributed by atoms with Crippen molar-refractivity contribution in [1.82, 2.24) is 0 Å². The van der Waals surface area contributed by atoms with Gasteiger partial charge in [-0.2, -0.15) is 22.3 Å². The number of aryl methyl sites for hydroxylation is 1. The van der Waals surface area contributed by atoms with E-state index >= 15 is 0 Å². The molecule has 2 rings (SSSR count). The van der Waals surface area contributed by atoms with Crippen molar-refractivity contribution >= 4 is 34.0 Å². The second-order valence-electron chi connectivity index (χ2n) is 4.54. The lowest BCUT2D eigenvalue weighted by Gasteiger charge is -2.09. The van der Waals surface area contributed by atoms with Crippen LogP contribution in [0.5, 0.6) is 0 Å². The lowest BCUT2D eigenvalue weighted by molar-refractivity contribution is -0.113. The van der Waals surface area contributed by atoms with Crippen LogP contribution in [0, 0.1) is 22.7 Å². The van der Waals surface area contributed by atoms with E-state index in [0.29, 0.717) is 28.5 Å². The molecule has 1 amide bonds. The normalized spacial score (nSPS) is 13.1. The molecule has 0 aromatic carbocycles. The van der Waals surface area contributed by atoms with Gasteiger partial charge in [-0.1, -0.05) is 0 Å². The second-order valence-corrected chi connectivity index (χ2v) is 6.75. The summed E-state index contributed by atoms with van der Waals surface area (Å²) in [7, 11) is 0. The Labute approximate surface area is 126 Å². The van der Waals surface area contributed by atoms with Gasteiger partial charge in [0.15, 0.2) is 0 Å². The van der Waals surface area contributed by atoms with Crippen LogP contribution in [-0.4, -0.2) is 17.4 Å². The number of nitriles is 2. The van der Waals surface area contributed by atoms with Crippen molar-refractivity contribution in [3.8, 4) is 12.1 Å². The van der Waals surface area contributed by atoms with Crippen molar-refractivity contribution in [1.29, 1.82) is 10.5 Å². The van der Waals surface area contributed by atoms with Crippen molar-refractivity contribution in [3.63, 3.8) is 0 Å². The Hall–Kier alpha value is -1.50. The number of hydrogen-bond acceptors (Lipinski definition) is 5. The summed E-state index contributed by atoms with van der Waals surface area (Å²) in [6.45, 7) is 0. The summed E-state index contributed by atoms with van der Waals surface area (Å²) in [5.74, 6) is 0.897. The predicted molar refractivity (Wildman–Crippen MR) is 81.9 cm³/mol. The fourth-order valence-corrected chi connectivity index (χ4v) is 4.11. The minimum Gasteiger partial charge on any atom is -0.316 e. The first kappa shape index (κ1) is 14.9. The van der Waals surface area contributed by atoms with E-state index < -0.39 is 0 Å². The molecule has 0 aliphatic heterocycles. The molecule has 0 radical (unpaired) electrons. The summed E-state index contributed by atoms with van der Waals surface area (Å²) < 4.78 is 0. The molecule has 0 saturated carbocycles. The number of anilines is 1. The Balaban J connectivity index is 1.99. The van der Waals surface area contributed by atoms with Crippen molar-refractivity contribution in [2.45, 2.75) is 32.1 Å². The number of thioether (sulfide) groups is 1. The highest BCUT2D eigenvalue weighted by Gasteiger charge is 2.21. The summed E-state index contributed by atoms with van der Waals surface area (Å²) in [6, 6.07) is 4.28. The van der Waals surface area contributed by atoms with Crippen LogP contribution in [0.25, 0.3) is 0 Å². The van der Waals surface area contributed by atoms with Crippen molar-refractivity contribution < 1.29 is 4.79 Å². The van der Waals surface area contributed by atoms with Gasteiger partial charge < -0.3 is 5.32 Å². The lowest BCUT2D eigenvalue weighted by Crippen LogP contribution is -2.14. The fraction of sp³-hybridized carbons (Fsp3) is 0.500. The van der Waals surface area contributed by atoms with E-state index in [1.165, 1.54) is 16.6 Å². The van der Waals surface area contributed by atoms with Gasteiger partial charge in [-0.15, -0.1) is 11.3 Å². The third kappa shape index (κ3) is 3.53. The zero-order chi connectivity index (χ0) is 14.4. The molecule has 0 saturated heterocycles. The first-order chi connectivity index (χ1) is 9.76. The first-order valence-corrected chi connectivity index (χ1v) is 8.52. The Kier molecular flexibility index (Phi) is 5.46. The number of carbonyl (C=O) groups is 1.